The fraction of sp³-hybridized carbons (Fsp3) is 0.647. The van der Waals surface area contributed by atoms with Crippen molar-refractivity contribution >= 4 is 11.5 Å². The van der Waals surface area contributed by atoms with Crippen molar-refractivity contribution in [2.75, 3.05) is 5.43 Å². The molecule has 0 aromatic carbocycles. The first-order chi connectivity index (χ1) is 9.93. The predicted octanol–water partition coefficient (Wildman–Crippen LogP) is 4.62. The highest BCUT2D eigenvalue weighted by Crippen LogP contribution is 2.37. The summed E-state index contributed by atoms with van der Waals surface area (Å²) in [6.45, 7) is 0. The summed E-state index contributed by atoms with van der Waals surface area (Å²) in [5, 5.41) is 4.71. The molecule has 2 saturated carbocycles. The van der Waals surface area contributed by atoms with Gasteiger partial charge in [-0.2, -0.15) is 5.10 Å². The lowest BCUT2D eigenvalue weighted by molar-refractivity contribution is 0.274. The highest BCUT2D eigenvalue weighted by atomic mass is 15.3. The van der Waals surface area contributed by atoms with E-state index in [1.807, 2.05) is 24.4 Å². The molecule has 1 atom stereocenters. The van der Waals surface area contributed by atoms with Crippen molar-refractivity contribution in [1.82, 2.24) is 4.98 Å². The number of pyridine rings is 1. The Morgan fingerprint density at radius 3 is 2.65 bits per heavy atom. The molecule has 1 heterocycles. The van der Waals surface area contributed by atoms with Crippen LogP contribution in [0.1, 0.15) is 57.8 Å². The minimum absolute atomic E-state index is 0.722. The van der Waals surface area contributed by atoms with Crippen LogP contribution in [0.25, 0.3) is 0 Å². The van der Waals surface area contributed by atoms with E-state index in [4.69, 9.17) is 5.10 Å². The maximum atomic E-state index is 4.71. The summed E-state index contributed by atoms with van der Waals surface area (Å²) in [6.07, 6.45) is 14.1. The lowest BCUT2D eigenvalue weighted by Gasteiger charge is -2.33. The van der Waals surface area contributed by atoms with Crippen LogP contribution in [0.2, 0.25) is 0 Å². The van der Waals surface area contributed by atoms with Gasteiger partial charge in [-0.25, -0.2) is 4.98 Å². The summed E-state index contributed by atoms with van der Waals surface area (Å²) in [4.78, 5) is 4.28. The van der Waals surface area contributed by atoms with Gasteiger partial charge in [0.15, 0.2) is 0 Å². The summed E-state index contributed by atoms with van der Waals surface area (Å²) in [5.41, 5.74) is 4.56. The molecule has 1 N–H and O–H groups in total. The second kappa shape index (κ2) is 6.87. The Morgan fingerprint density at radius 2 is 1.85 bits per heavy atom. The SMILES string of the molecule is c1ccc(N/N=C2\CCCC[C@@H]2C2CCCCC2)nc1. The van der Waals surface area contributed by atoms with Gasteiger partial charge >= 0.3 is 0 Å². The van der Waals surface area contributed by atoms with Crippen molar-refractivity contribution < 1.29 is 0 Å². The molecule has 0 spiro atoms. The standard InChI is InChI=1S/C17H25N3/c1-2-8-14(9-3-1)15-10-4-5-11-16(15)19-20-17-12-6-7-13-18-17/h6-7,12-15H,1-5,8-11H2,(H,18,20)/b19-16+/t15-/m1/s1. The molecule has 1 aromatic heterocycles. The van der Waals surface area contributed by atoms with E-state index in [0.29, 0.717) is 0 Å². The second-order valence-corrected chi connectivity index (χ2v) is 6.18. The maximum Gasteiger partial charge on any atom is 0.146 e. The van der Waals surface area contributed by atoms with Crippen LogP contribution in [0.4, 0.5) is 5.82 Å². The molecule has 2 aliphatic carbocycles. The Hall–Kier alpha value is -1.38. The van der Waals surface area contributed by atoms with E-state index >= 15 is 0 Å². The van der Waals surface area contributed by atoms with E-state index in [9.17, 15) is 0 Å². The van der Waals surface area contributed by atoms with Crippen molar-refractivity contribution in [2.45, 2.75) is 57.8 Å². The van der Waals surface area contributed by atoms with Crippen molar-refractivity contribution in [3.8, 4) is 0 Å². The minimum atomic E-state index is 0.722. The van der Waals surface area contributed by atoms with Crippen LogP contribution in [0.3, 0.4) is 0 Å². The number of hydrogen-bond donors (Lipinski definition) is 1. The van der Waals surface area contributed by atoms with Crippen LogP contribution in [-0.4, -0.2) is 10.7 Å². The molecular formula is C17H25N3. The third kappa shape index (κ3) is 3.38. The topological polar surface area (TPSA) is 37.3 Å². The lowest BCUT2D eigenvalue weighted by Crippen LogP contribution is -2.29. The molecule has 2 aliphatic rings. The fourth-order valence-corrected chi connectivity index (χ4v) is 3.76. The minimum Gasteiger partial charge on any atom is -0.261 e. The third-order valence-electron chi connectivity index (χ3n) is 4.82. The van der Waals surface area contributed by atoms with E-state index in [0.717, 1.165) is 17.7 Å². The Morgan fingerprint density at radius 1 is 1.00 bits per heavy atom. The Kier molecular flexibility index (Phi) is 4.67. The van der Waals surface area contributed by atoms with Crippen molar-refractivity contribution in [3.63, 3.8) is 0 Å². The molecule has 108 valence electrons. The van der Waals surface area contributed by atoms with Gasteiger partial charge in [0, 0.05) is 17.8 Å². The molecule has 2 fully saturated rings. The number of nitrogens with zero attached hydrogens (tertiary/aromatic N) is 2. The van der Waals surface area contributed by atoms with Gasteiger partial charge in [0.2, 0.25) is 0 Å². The van der Waals surface area contributed by atoms with Gasteiger partial charge in [-0.05, 0) is 50.2 Å². The van der Waals surface area contributed by atoms with Gasteiger partial charge in [0.25, 0.3) is 0 Å². The normalized spacial score (nSPS) is 26.6. The molecule has 3 heteroatoms. The lowest BCUT2D eigenvalue weighted by atomic mass is 9.72. The molecule has 0 amide bonds. The van der Waals surface area contributed by atoms with Crippen molar-refractivity contribution in [1.29, 1.82) is 0 Å². The Labute approximate surface area is 121 Å². The smallest absolute Gasteiger partial charge is 0.146 e. The summed E-state index contributed by atoms with van der Waals surface area (Å²) >= 11 is 0. The largest absolute Gasteiger partial charge is 0.261 e. The van der Waals surface area contributed by atoms with Gasteiger partial charge in [-0.3, -0.25) is 5.43 Å². The summed E-state index contributed by atoms with van der Waals surface area (Å²) in [5.74, 6) is 2.46. The molecular weight excluding hydrogens is 246 g/mol. The molecule has 20 heavy (non-hydrogen) atoms. The van der Waals surface area contributed by atoms with Gasteiger partial charge in [0.1, 0.15) is 5.82 Å². The molecule has 0 saturated heterocycles. The quantitative estimate of drug-likeness (QED) is 0.814. The Balaban J connectivity index is 1.68. The van der Waals surface area contributed by atoms with Crippen LogP contribution >= 0.6 is 0 Å². The Bertz CT molecular complexity index is 435. The van der Waals surface area contributed by atoms with Crippen molar-refractivity contribution in [3.05, 3.63) is 24.4 Å². The molecule has 0 unspecified atom stereocenters. The molecule has 3 nitrogen and oxygen atoms in total. The number of hydrazone groups is 1. The fourth-order valence-electron chi connectivity index (χ4n) is 3.76. The second-order valence-electron chi connectivity index (χ2n) is 6.18. The van der Waals surface area contributed by atoms with Crippen LogP contribution in [-0.2, 0) is 0 Å². The van der Waals surface area contributed by atoms with E-state index in [2.05, 4.69) is 10.4 Å². The molecule has 3 rings (SSSR count). The number of anilines is 1. The van der Waals surface area contributed by atoms with E-state index in [1.165, 1.54) is 63.5 Å². The van der Waals surface area contributed by atoms with E-state index in [-0.39, 0.29) is 0 Å². The van der Waals surface area contributed by atoms with Crippen LogP contribution in [0, 0.1) is 11.8 Å². The zero-order chi connectivity index (χ0) is 13.6. The summed E-state index contributed by atoms with van der Waals surface area (Å²) in [6, 6.07) is 5.90. The molecule has 0 bridgehead atoms. The first-order valence-electron chi connectivity index (χ1n) is 8.17. The number of aromatic nitrogens is 1. The first kappa shape index (κ1) is 13.6. The highest BCUT2D eigenvalue weighted by molar-refractivity contribution is 5.88. The average molecular weight is 271 g/mol. The van der Waals surface area contributed by atoms with Gasteiger partial charge in [0.05, 0.1) is 0 Å². The summed E-state index contributed by atoms with van der Waals surface area (Å²) < 4.78 is 0. The number of rotatable bonds is 3. The van der Waals surface area contributed by atoms with Gasteiger partial charge in [-0.1, -0.05) is 31.7 Å². The van der Waals surface area contributed by atoms with E-state index < -0.39 is 0 Å². The van der Waals surface area contributed by atoms with Crippen LogP contribution in [0.5, 0.6) is 0 Å². The number of hydrogen-bond acceptors (Lipinski definition) is 3. The van der Waals surface area contributed by atoms with Crippen LogP contribution in [0.15, 0.2) is 29.5 Å². The first-order valence-corrected chi connectivity index (χ1v) is 8.17. The number of nitrogens with one attached hydrogen (secondary N) is 1. The van der Waals surface area contributed by atoms with Gasteiger partial charge in [-0.15, -0.1) is 0 Å². The zero-order valence-electron chi connectivity index (χ0n) is 12.2. The van der Waals surface area contributed by atoms with E-state index in [1.54, 1.807) is 0 Å². The highest BCUT2D eigenvalue weighted by Gasteiger charge is 2.29. The predicted molar refractivity (Wildman–Crippen MR) is 83.8 cm³/mol. The maximum absolute atomic E-state index is 4.71. The third-order valence-corrected chi connectivity index (χ3v) is 4.82. The average Bonchev–Trinajstić information content (AvgIpc) is 2.55. The molecule has 0 aliphatic heterocycles. The molecule has 0 radical (unpaired) electrons. The molecule has 1 aromatic rings. The van der Waals surface area contributed by atoms with Crippen LogP contribution < -0.4 is 5.43 Å². The van der Waals surface area contributed by atoms with Crippen molar-refractivity contribution in [2.24, 2.45) is 16.9 Å². The monoisotopic (exact) mass is 271 g/mol. The van der Waals surface area contributed by atoms with Gasteiger partial charge < -0.3 is 0 Å². The summed E-state index contributed by atoms with van der Waals surface area (Å²) in [7, 11) is 0. The zero-order valence-corrected chi connectivity index (χ0v) is 12.2.